The molecule has 0 bridgehead atoms. The molecule has 14 heavy (non-hydrogen) atoms. The van der Waals surface area contributed by atoms with Crippen molar-refractivity contribution in [3.63, 3.8) is 0 Å². The lowest BCUT2D eigenvalue weighted by Crippen LogP contribution is -2.37. The molecule has 0 heterocycles. The van der Waals surface area contributed by atoms with Crippen LogP contribution in [0.5, 0.6) is 0 Å². The topological polar surface area (TPSA) is 38.3 Å². The van der Waals surface area contributed by atoms with Gasteiger partial charge in [0, 0.05) is 0 Å². The number of carbonyl (C=O) groups is 1. The van der Waals surface area contributed by atoms with E-state index >= 15 is 0 Å². The van der Waals surface area contributed by atoms with Crippen LogP contribution in [0.1, 0.15) is 34.1 Å². The standard InChI is InChI=1S/C11H19NO2/c1-8-5-6-9(7-8)12-10(13)14-11(2,3)4/h5-6,8-9H,7H2,1-4H3,(H,12,13)/t8-,9+/m1/s1. The zero-order valence-electron chi connectivity index (χ0n) is 9.33. The maximum atomic E-state index is 11.4. The highest BCUT2D eigenvalue weighted by molar-refractivity contribution is 5.68. The van der Waals surface area contributed by atoms with E-state index in [1.807, 2.05) is 26.8 Å². The van der Waals surface area contributed by atoms with Crippen LogP contribution in [-0.2, 0) is 4.74 Å². The molecule has 0 spiro atoms. The molecule has 0 aromatic rings. The first-order valence-corrected chi connectivity index (χ1v) is 5.04. The van der Waals surface area contributed by atoms with Gasteiger partial charge in [-0.15, -0.1) is 0 Å². The fourth-order valence-electron chi connectivity index (χ4n) is 1.45. The summed E-state index contributed by atoms with van der Waals surface area (Å²) >= 11 is 0. The molecule has 0 radical (unpaired) electrons. The number of rotatable bonds is 1. The zero-order chi connectivity index (χ0) is 10.8. The monoisotopic (exact) mass is 197 g/mol. The molecule has 0 unspecified atom stereocenters. The Morgan fingerprint density at radius 1 is 1.43 bits per heavy atom. The van der Waals surface area contributed by atoms with E-state index in [4.69, 9.17) is 4.74 Å². The van der Waals surface area contributed by atoms with E-state index in [-0.39, 0.29) is 12.1 Å². The summed E-state index contributed by atoms with van der Waals surface area (Å²) in [5.41, 5.74) is -0.419. The quantitative estimate of drug-likeness (QED) is 0.656. The summed E-state index contributed by atoms with van der Waals surface area (Å²) in [6.45, 7) is 7.71. The highest BCUT2D eigenvalue weighted by Crippen LogP contribution is 2.17. The molecule has 80 valence electrons. The third-order valence-corrected chi connectivity index (χ3v) is 2.00. The Morgan fingerprint density at radius 2 is 2.07 bits per heavy atom. The van der Waals surface area contributed by atoms with E-state index in [0.717, 1.165) is 6.42 Å². The van der Waals surface area contributed by atoms with E-state index in [1.54, 1.807) is 0 Å². The van der Waals surface area contributed by atoms with Crippen LogP contribution in [-0.4, -0.2) is 17.7 Å². The van der Waals surface area contributed by atoms with Crippen molar-refractivity contribution >= 4 is 6.09 Å². The van der Waals surface area contributed by atoms with Gasteiger partial charge in [0.1, 0.15) is 5.60 Å². The lowest BCUT2D eigenvalue weighted by atomic mass is 10.1. The lowest BCUT2D eigenvalue weighted by Gasteiger charge is -2.21. The van der Waals surface area contributed by atoms with Crippen LogP contribution in [0.15, 0.2) is 12.2 Å². The van der Waals surface area contributed by atoms with Crippen LogP contribution >= 0.6 is 0 Å². The Morgan fingerprint density at radius 3 is 2.50 bits per heavy atom. The molecule has 1 aliphatic carbocycles. The van der Waals surface area contributed by atoms with Gasteiger partial charge in [0.15, 0.2) is 0 Å². The first-order chi connectivity index (χ1) is 6.37. The van der Waals surface area contributed by atoms with Crippen LogP contribution in [0.4, 0.5) is 4.79 Å². The number of hydrogen-bond acceptors (Lipinski definition) is 2. The molecule has 0 aromatic carbocycles. The number of amides is 1. The minimum absolute atomic E-state index is 0.139. The zero-order valence-corrected chi connectivity index (χ0v) is 9.33. The Kier molecular flexibility index (Phi) is 3.19. The van der Waals surface area contributed by atoms with Gasteiger partial charge in [0.2, 0.25) is 0 Å². The number of nitrogens with one attached hydrogen (secondary N) is 1. The Balaban J connectivity index is 2.32. The minimum Gasteiger partial charge on any atom is -0.444 e. The summed E-state index contributed by atoms with van der Waals surface area (Å²) in [7, 11) is 0. The van der Waals surface area contributed by atoms with Gasteiger partial charge in [-0.1, -0.05) is 19.1 Å². The van der Waals surface area contributed by atoms with Crippen molar-refractivity contribution in [2.45, 2.75) is 45.8 Å². The SMILES string of the molecule is C[C@@H]1C=C[C@H](NC(=O)OC(C)(C)C)C1. The molecule has 0 aromatic heterocycles. The van der Waals surface area contributed by atoms with Gasteiger partial charge < -0.3 is 10.1 Å². The summed E-state index contributed by atoms with van der Waals surface area (Å²) in [6, 6.07) is 0.139. The second-order valence-corrected chi connectivity index (χ2v) is 4.85. The van der Waals surface area contributed by atoms with Gasteiger partial charge in [0.25, 0.3) is 0 Å². The average Bonchev–Trinajstić information content (AvgIpc) is 2.30. The summed E-state index contributed by atoms with van der Waals surface area (Å²) in [5.74, 6) is 0.551. The van der Waals surface area contributed by atoms with Gasteiger partial charge in [-0.3, -0.25) is 0 Å². The maximum Gasteiger partial charge on any atom is 0.408 e. The molecule has 3 nitrogen and oxygen atoms in total. The summed E-state index contributed by atoms with van der Waals surface area (Å²) in [6.07, 6.45) is 4.77. The van der Waals surface area contributed by atoms with Crippen LogP contribution in [0.25, 0.3) is 0 Å². The van der Waals surface area contributed by atoms with E-state index in [1.165, 1.54) is 0 Å². The normalized spacial score (nSPS) is 26.3. The number of carbonyl (C=O) groups excluding carboxylic acids is 1. The lowest BCUT2D eigenvalue weighted by molar-refractivity contribution is 0.0513. The number of allylic oxidation sites excluding steroid dienone is 1. The highest BCUT2D eigenvalue weighted by Gasteiger charge is 2.21. The number of ether oxygens (including phenoxy) is 1. The predicted octanol–water partition coefficient (Wildman–Crippen LogP) is 2.48. The fourth-order valence-corrected chi connectivity index (χ4v) is 1.45. The van der Waals surface area contributed by atoms with Crippen LogP contribution in [0.3, 0.4) is 0 Å². The molecular formula is C11H19NO2. The van der Waals surface area contributed by atoms with Crippen molar-refractivity contribution in [2.24, 2.45) is 5.92 Å². The van der Waals surface area contributed by atoms with Crippen molar-refractivity contribution in [3.8, 4) is 0 Å². The van der Waals surface area contributed by atoms with Crippen LogP contribution in [0.2, 0.25) is 0 Å². The number of alkyl carbamates (subject to hydrolysis) is 1. The summed E-state index contributed by atoms with van der Waals surface area (Å²) < 4.78 is 5.15. The largest absolute Gasteiger partial charge is 0.444 e. The second kappa shape index (κ2) is 4.03. The van der Waals surface area contributed by atoms with E-state index in [9.17, 15) is 4.79 Å². The van der Waals surface area contributed by atoms with Crippen molar-refractivity contribution < 1.29 is 9.53 Å². The molecule has 0 saturated heterocycles. The Bertz CT molecular complexity index is 240. The maximum absolute atomic E-state index is 11.4. The Labute approximate surface area is 85.5 Å². The van der Waals surface area contributed by atoms with Crippen LogP contribution < -0.4 is 5.32 Å². The fraction of sp³-hybridized carbons (Fsp3) is 0.727. The first kappa shape index (κ1) is 11.1. The van der Waals surface area contributed by atoms with E-state index in [2.05, 4.69) is 18.3 Å². The van der Waals surface area contributed by atoms with Crippen molar-refractivity contribution in [1.29, 1.82) is 0 Å². The molecule has 0 saturated carbocycles. The van der Waals surface area contributed by atoms with E-state index < -0.39 is 5.60 Å². The Hall–Kier alpha value is -0.990. The van der Waals surface area contributed by atoms with Gasteiger partial charge >= 0.3 is 6.09 Å². The molecular weight excluding hydrogens is 178 g/mol. The average molecular weight is 197 g/mol. The van der Waals surface area contributed by atoms with Crippen molar-refractivity contribution in [1.82, 2.24) is 5.32 Å². The molecule has 1 N–H and O–H groups in total. The summed E-state index contributed by atoms with van der Waals surface area (Å²) in [5, 5.41) is 2.82. The van der Waals surface area contributed by atoms with E-state index in [0.29, 0.717) is 5.92 Å². The molecule has 2 atom stereocenters. The number of hydrogen-bond donors (Lipinski definition) is 1. The van der Waals surface area contributed by atoms with Crippen molar-refractivity contribution in [2.75, 3.05) is 0 Å². The van der Waals surface area contributed by atoms with Crippen molar-refractivity contribution in [3.05, 3.63) is 12.2 Å². The third kappa shape index (κ3) is 3.81. The van der Waals surface area contributed by atoms with Gasteiger partial charge in [-0.2, -0.15) is 0 Å². The van der Waals surface area contributed by atoms with Gasteiger partial charge in [-0.05, 0) is 33.1 Å². The first-order valence-electron chi connectivity index (χ1n) is 5.04. The summed E-state index contributed by atoms with van der Waals surface area (Å²) in [4.78, 5) is 11.4. The molecule has 1 rings (SSSR count). The molecule has 1 amide bonds. The molecule has 3 heteroatoms. The molecule has 0 aliphatic heterocycles. The van der Waals surface area contributed by atoms with Gasteiger partial charge in [-0.25, -0.2) is 4.79 Å². The predicted molar refractivity (Wildman–Crippen MR) is 56.1 cm³/mol. The smallest absolute Gasteiger partial charge is 0.408 e. The van der Waals surface area contributed by atoms with Crippen LogP contribution in [0, 0.1) is 5.92 Å². The molecule has 1 aliphatic rings. The molecule has 0 fully saturated rings. The van der Waals surface area contributed by atoms with Gasteiger partial charge in [0.05, 0.1) is 6.04 Å². The third-order valence-electron chi connectivity index (χ3n) is 2.00. The highest BCUT2D eigenvalue weighted by atomic mass is 16.6. The second-order valence-electron chi connectivity index (χ2n) is 4.85. The minimum atomic E-state index is -0.419.